The van der Waals surface area contributed by atoms with Crippen LogP contribution in [-0.4, -0.2) is 16.1 Å². The number of hydrogen-bond donors (Lipinski definition) is 0. The first-order valence-electron chi connectivity index (χ1n) is 8.08. The lowest BCUT2D eigenvalue weighted by molar-refractivity contribution is -0.137. The monoisotopic (exact) mass is 332 g/mol. The third-order valence-electron chi connectivity index (χ3n) is 4.57. The van der Waals surface area contributed by atoms with Crippen molar-refractivity contribution in [2.75, 3.05) is 0 Å². The molecule has 0 spiro atoms. The predicted molar refractivity (Wildman–Crippen MR) is 88.0 cm³/mol. The smallest absolute Gasteiger partial charge is 0.416 e. The molecule has 1 rings (SSSR count). The van der Waals surface area contributed by atoms with Gasteiger partial charge in [-0.15, -0.1) is 0 Å². The fourth-order valence-electron chi connectivity index (χ4n) is 2.85. The quantitative estimate of drug-likeness (QED) is 0.472. The molecule has 0 aliphatic heterocycles. The van der Waals surface area contributed by atoms with Gasteiger partial charge in [0.25, 0.3) is 0 Å². The van der Waals surface area contributed by atoms with E-state index in [2.05, 4.69) is 13.8 Å². The SMILES string of the molecule is CCC(CC)(CCCCCc1cccc(C(F)(F)F)c1)O[SiH3]. The highest BCUT2D eigenvalue weighted by Gasteiger charge is 2.30. The zero-order chi connectivity index (χ0) is 16.6. The fourth-order valence-corrected chi connectivity index (χ4v) is 3.63. The van der Waals surface area contributed by atoms with E-state index in [9.17, 15) is 13.2 Å². The van der Waals surface area contributed by atoms with Crippen LogP contribution in [0.4, 0.5) is 13.2 Å². The molecule has 0 aromatic heterocycles. The second-order valence-electron chi connectivity index (χ2n) is 5.85. The molecule has 0 aliphatic carbocycles. The van der Waals surface area contributed by atoms with Gasteiger partial charge in [-0.2, -0.15) is 13.2 Å². The van der Waals surface area contributed by atoms with Crippen molar-refractivity contribution in [1.82, 2.24) is 0 Å². The molecule has 0 radical (unpaired) electrons. The molecule has 0 saturated heterocycles. The summed E-state index contributed by atoms with van der Waals surface area (Å²) < 4.78 is 43.7. The molecule has 1 aromatic carbocycles. The molecule has 0 fully saturated rings. The van der Waals surface area contributed by atoms with Crippen molar-refractivity contribution in [3.05, 3.63) is 35.4 Å². The van der Waals surface area contributed by atoms with Crippen molar-refractivity contribution >= 4 is 10.5 Å². The summed E-state index contributed by atoms with van der Waals surface area (Å²) in [7, 11) is 0.752. The van der Waals surface area contributed by atoms with Crippen molar-refractivity contribution in [2.24, 2.45) is 0 Å². The van der Waals surface area contributed by atoms with E-state index in [1.165, 1.54) is 12.1 Å². The van der Waals surface area contributed by atoms with Gasteiger partial charge in [0.15, 0.2) is 0 Å². The van der Waals surface area contributed by atoms with Crippen LogP contribution in [0.2, 0.25) is 0 Å². The zero-order valence-corrected chi connectivity index (χ0v) is 15.8. The van der Waals surface area contributed by atoms with Crippen molar-refractivity contribution < 1.29 is 17.6 Å². The molecule has 5 heteroatoms. The molecule has 0 saturated carbocycles. The van der Waals surface area contributed by atoms with Gasteiger partial charge in [-0.05, 0) is 43.7 Å². The second-order valence-corrected chi connectivity index (χ2v) is 6.26. The molecule has 0 heterocycles. The topological polar surface area (TPSA) is 9.23 Å². The Morgan fingerprint density at radius 3 is 2.27 bits per heavy atom. The van der Waals surface area contributed by atoms with Crippen molar-refractivity contribution in [2.45, 2.75) is 70.6 Å². The van der Waals surface area contributed by atoms with Crippen molar-refractivity contribution in [1.29, 1.82) is 0 Å². The molecule has 1 nitrogen and oxygen atoms in total. The molecule has 0 aliphatic rings. The first-order chi connectivity index (χ1) is 10.4. The second kappa shape index (κ2) is 8.72. The molecule has 1 aromatic rings. The van der Waals surface area contributed by atoms with Crippen molar-refractivity contribution in [3.8, 4) is 0 Å². The molecule has 0 atom stereocenters. The van der Waals surface area contributed by atoms with Gasteiger partial charge in [0.05, 0.1) is 11.2 Å². The van der Waals surface area contributed by atoms with Crippen molar-refractivity contribution in [3.63, 3.8) is 0 Å². The predicted octanol–water partition coefficient (Wildman–Crippen LogP) is 4.66. The van der Waals surface area contributed by atoms with Gasteiger partial charge in [0, 0.05) is 0 Å². The van der Waals surface area contributed by atoms with Gasteiger partial charge >= 0.3 is 6.18 Å². The molecule has 0 bridgehead atoms. The summed E-state index contributed by atoms with van der Waals surface area (Å²) in [6, 6.07) is 5.66. The van der Waals surface area contributed by atoms with E-state index in [-0.39, 0.29) is 5.60 Å². The number of benzene rings is 1. The Kier molecular flexibility index (Phi) is 7.63. The summed E-state index contributed by atoms with van der Waals surface area (Å²) in [5, 5.41) is 0. The number of halogens is 3. The lowest BCUT2D eigenvalue weighted by atomic mass is 9.90. The number of hydrogen-bond acceptors (Lipinski definition) is 1. The zero-order valence-electron chi connectivity index (χ0n) is 13.8. The highest BCUT2D eigenvalue weighted by atomic mass is 28.2. The third kappa shape index (κ3) is 5.76. The molecule has 0 N–H and O–H groups in total. The standard InChI is InChI=1S/C17H27F3OSi/c1-3-16(4-2,21-22)12-7-5-6-9-14-10-8-11-15(13-14)17(18,19)20/h8,10-11,13H,3-7,9,12H2,1-2,22H3. The molecule has 0 amide bonds. The third-order valence-corrected chi connectivity index (χ3v) is 5.44. The number of alkyl halides is 3. The summed E-state index contributed by atoms with van der Waals surface area (Å²) in [4.78, 5) is 0. The van der Waals surface area contributed by atoms with E-state index in [0.717, 1.165) is 60.6 Å². The Morgan fingerprint density at radius 2 is 1.73 bits per heavy atom. The maximum absolute atomic E-state index is 12.6. The van der Waals surface area contributed by atoms with Gasteiger partial charge in [-0.3, -0.25) is 0 Å². The van der Waals surface area contributed by atoms with Crippen LogP contribution in [0.5, 0.6) is 0 Å². The van der Waals surface area contributed by atoms with E-state index < -0.39 is 11.7 Å². The maximum Gasteiger partial charge on any atom is 0.416 e. The first kappa shape index (κ1) is 19.2. The summed E-state index contributed by atoms with van der Waals surface area (Å²) in [5.41, 5.74) is 0.249. The summed E-state index contributed by atoms with van der Waals surface area (Å²) >= 11 is 0. The minimum Gasteiger partial charge on any atom is -0.422 e. The van der Waals surface area contributed by atoms with Crippen LogP contribution in [0.3, 0.4) is 0 Å². The molecule has 22 heavy (non-hydrogen) atoms. The van der Waals surface area contributed by atoms with E-state index >= 15 is 0 Å². The average Bonchev–Trinajstić information content (AvgIpc) is 2.51. The van der Waals surface area contributed by atoms with Crippen LogP contribution in [0.25, 0.3) is 0 Å². The van der Waals surface area contributed by atoms with Gasteiger partial charge in [-0.25, -0.2) is 0 Å². The Hall–Kier alpha value is -0.813. The molecule has 126 valence electrons. The van der Waals surface area contributed by atoms with E-state index in [1.807, 2.05) is 0 Å². The molecule has 0 unspecified atom stereocenters. The minimum atomic E-state index is -4.25. The highest BCUT2D eigenvalue weighted by Crippen LogP contribution is 2.30. The van der Waals surface area contributed by atoms with Gasteiger partial charge in [0.1, 0.15) is 10.5 Å². The van der Waals surface area contributed by atoms with Crippen LogP contribution in [0, 0.1) is 0 Å². The lowest BCUT2D eigenvalue weighted by Gasteiger charge is -2.31. The Balaban J connectivity index is 2.39. The van der Waals surface area contributed by atoms with Crippen LogP contribution in [0.15, 0.2) is 24.3 Å². The Morgan fingerprint density at radius 1 is 1.05 bits per heavy atom. The highest BCUT2D eigenvalue weighted by molar-refractivity contribution is 5.98. The summed E-state index contributed by atoms with van der Waals surface area (Å²) in [6.45, 7) is 4.31. The number of rotatable bonds is 9. The summed E-state index contributed by atoms with van der Waals surface area (Å²) in [5.74, 6) is 0. The van der Waals surface area contributed by atoms with Crippen LogP contribution in [-0.2, 0) is 17.0 Å². The fraction of sp³-hybridized carbons (Fsp3) is 0.647. The van der Waals surface area contributed by atoms with Gasteiger partial charge in [-0.1, -0.05) is 44.9 Å². The van der Waals surface area contributed by atoms with Crippen LogP contribution in [0.1, 0.15) is 63.5 Å². The average molecular weight is 332 g/mol. The number of unbranched alkanes of at least 4 members (excludes halogenated alkanes) is 2. The maximum atomic E-state index is 12.6. The normalized spacial score (nSPS) is 12.8. The van der Waals surface area contributed by atoms with Crippen LogP contribution >= 0.6 is 0 Å². The summed E-state index contributed by atoms with van der Waals surface area (Å²) in [6.07, 6.45) is 2.59. The van der Waals surface area contributed by atoms with Crippen LogP contribution < -0.4 is 0 Å². The Labute approximate surface area is 134 Å². The largest absolute Gasteiger partial charge is 0.422 e. The molecular formula is C17H27F3OSi. The number of aryl methyl sites for hydroxylation is 1. The lowest BCUT2D eigenvalue weighted by Crippen LogP contribution is -2.30. The first-order valence-corrected chi connectivity index (χ1v) is 8.90. The van der Waals surface area contributed by atoms with E-state index in [4.69, 9.17) is 4.43 Å². The Bertz CT molecular complexity index is 434. The van der Waals surface area contributed by atoms with Gasteiger partial charge < -0.3 is 4.43 Å². The van der Waals surface area contributed by atoms with E-state index in [0.29, 0.717) is 6.42 Å². The minimum absolute atomic E-state index is 0.0302. The van der Waals surface area contributed by atoms with E-state index in [1.54, 1.807) is 6.07 Å². The van der Waals surface area contributed by atoms with Gasteiger partial charge in [0.2, 0.25) is 0 Å². The molecular weight excluding hydrogens is 305 g/mol.